The molecule has 0 unspecified atom stereocenters. The zero-order chi connectivity index (χ0) is 24.2. The van der Waals surface area contributed by atoms with Crippen LogP contribution in [0.25, 0.3) is 21.0 Å². The summed E-state index contributed by atoms with van der Waals surface area (Å²) in [4.78, 5) is 30.4. The van der Waals surface area contributed by atoms with Crippen LogP contribution in [0.5, 0.6) is 17.2 Å². The molecule has 1 heterocycles. The molecule has 0 aliphatic heterocycles. The Kier molecular flexibility index (Phi) is 6.83. The van der Waals surface area contributed by atoms with Crippen LogP contribution in [0.1, 0.15) is 17.3 Å². The summed E-state index contributed by atoms with van der Waals surface area (Å²) in [7, 11) is 4.59. The van der Waals surface area contributed by atoms with Crippen molar-refractivity contribution in [1.82, 2.24) is 4.57 Å². The van der Waals surface area contributed by atoms with Crippen LogP contribution in [-0.4, -0.2) is 44.4 Å². The molecule has 0 fully saturated rings. The number of methoxy groups -OCH3 is 3. The second-order valence-electron chi connectivity index (χ2n) is 7.27. The zero-order valence-corrected chi connectivity index (χ0v) is 20.1. The van der Waals surface area contributed by atoms with Crippen LogP contribution in [0.2, 0.25) is 0 Å². The van der Waals surface area contributed by atoms with Crippen LogP contribution >= 0.6 is 11.3 Å². The fraction of sp³-hybridized carbons (Fsp3) is 0.240. The minimum Gasteiger partial charge on any atom is -0.496 e. The predicted octanol–water partition coefficient (Wildman–Crippen LogP) is 4.19. The molecule has 0 N–H and O–H groups in total. The number of aromatic nitrogens is 1. The zero-order valence-electron chi connectivity index (χ0n) is 19.3. The number of fused-ring (bicyclic) bond motifs is 2. The molecule has 0 aliphatic carbocycles. The summed E-state index contributed by atoms with van der Waals surface area (Å²) in [5.41, 5.74) is 1.00. The van der Waals surface area contributed by atoms with E-state index in [1.54, 1.807) is 36.8 Å². The molecule has 3 aromatic carbocycles. The minimum atomic E-state index is -0.481. The van der Waals surface area contributed by atoms with E-state index in [2.05, 4.69) is 4.99 Å². The maximum Gasteiger partial charge on any atom is 0.326 e. The molecule has 0 radical (unpaired) electrons. The first-order chi connectivity index (χ1) is 16.5. The highest BCUT2D eigenvalue weighted by molar-refractivity contribution is 7.16. The van der Waals surface area contributed by atoms with E-state index in [1.807, 2.05) is 30.3 Å². The van der Waals surface area contributed by atoms with Gasteiger partial charge < -0.3 is 23.5 Å². The molecule has 4 aromatic rings. The standard InChI is InChI=1S/C25H24N2O6S/c1-5-33-23(28)14-27-18-12-20(31-3)21(32-4)13-22(18)34-25(27)26-24(29)17-10-15-8-6-7-9-16(15)11-19(17)30-2/h6-13H,5,14H2,1-4H3. The monoisotopic (exact) mass is 480 g/mol. The molecule has 1 amide bonds. The number of esters is 1. The fourth-order valence-electron chi connectivity index (χ4n) is 3.67. The van der Waals surface area contributed by atoms with Crippen molar-refractivity contribution in [2.75, 3.05) is 27.9 Å². The highest BCUT2D eigenvalue weighted by Gasteiger charge is 2.18. The molecule has 0 aliphatic rings. The summed E-state index contributed by atoms with van der Waals surface area (Å²) in [6.07, 6.45) is 0. The lowest BCUT2D eigenvalue weighted by atomic mass is 10.1. The van der Waals surface area contributed by atoms with Crippen molar-refractivity contribution in [3.63, 3.8) is 0 Å². The highest BCUT2D eigenvalue weighted by Crippen LogP contribution is 2.33. The number of ether oxygens (including phenoxy) is 4. The Morgan fingerprint density at radius 1 is 0.912 bits per heavy atom. The Bertz CT molecular complexity index is 1450. The smallest absolute Gasteiger partial charge is 0.326 e. The molecule has 0 saturated heterocycles. The van der Waals surface area contributed by atoms with E-state index in [0.717, 1.165) is 15.5 Å². The third kappa shape index (κ3) is 4.47. The predicted molar refractivity (Wildman–Crippen MR) is 130 cm³/mol. The number of hydrogen-bond acceptors (Lipinski definition) is 7. The SMILES string of the molecule is CCOC(=O)Cn1c(=NC(=O)c2cc3ccccc3cc2OC)sc2cc(OC)c(OC)cc21. The van der Waals surface area contributed by atoms with Crippen molar-refractivity contribution in [1.29, 1.82) is 0 Å². The topological polar surface area (TPSA) is 88.4 Å². The largest absolute Gasteiger partial charge is 0.496 e. The summed E-state index contributed by atoms with van der Waals surface area (Å²) in [5.74, 6) is 0.543. The normalized spacial score (nSPS) is 11.6. The van der Waals surface area contributed by atoms with Gasteiger partial charge >= 0.3 is 5.97 Å². The average molecular weight is 481 g/mol. The lowest BCUT2D eigenvalue weighted by Gasteiger charge is -2.09. The maximum absolute atomic E-state index is 13.3. The second kappa shape index (κ2) is 9.96. The lowest BCUT2D eigenvalue weighted by molar-refractivity contribution is -0.143. The number of amides is 1. The van der Waals surface area contributed by atoms with Crippen molar-refractivity contribution in [2.45, 2.75) is 13.5 Å². The van der Waals surface area contributed by atoms with Crippen LogP contribution in [-0.2, 0) is 16.1 Å². The van der Waals surface area contributed by atoms with Crippen molar-refractivity contribution in [3.8, 4) is 17.2 Å². The molecule has 0 bridgehead atoms. The quantitative estimate of drug-likeness (QED) is 0.369. The van der Waals surface area contributed by atoms with Gasteiger partial charge in [0, 0.05) is 12.1 Å². The fourth-order valence-corrected chi connectivity index (χ4v) is 4.71. The van der Waals surface area contributed by atoms with E-state index in [4.69, 9.17) is 18.9 Å². The number of thiazole rings is 1. The third-order valence-electron chi connectivity index (χ3n) is 5.28. The van der Waals surface area contributed by atoms with E-state index in [9.17, 15) is 9.59 Å². The Balaban J connectivity index is 1.90. The molecule has 176 valence electrons. The van der Waals surface area contributed by atoms with E-state index in [-0.39, 0.29) is 13.2 Å². The molecule has 9 heteroatoms. The van der Waals surface area contributed by atoms with Crippen LogP contribution in [0.15, 0.2) is 53.5 Å². The first kappa shape index (κ1) is 23.3. The van der Waals surface area contributed by atoms with Crippen LogP contribution in [0.4, 0.5) is 0 Å². The summed E-state index contributed by atoms with van der Waals surface area (Å²) < 4.78 is 23.8. The van der Waals surface area contributed by atoms with Crippen molar-refractivity contribution >= 4 is 44.2 Å². The molecular weight excluding hydrogens is 456 g/mol. The van der Waals surface area contributed by atoms with Crippen molar-refractivity contribution in [2.24, 2.45) is 4.99 Å². The van der Waals surface area contributed by atoms with Gasteiger partial charge in [0.05, 0.1) is 43.7 Å². The number of benzene rings is 3. The molecular formula is C25H24N2O6S. The molecule has 34 heavy (non-hydrogen) atoms. The van der Waals surface area contributed by atoms with Gasteiger partial charge in [-0.1, -0.05) is 35.6 Å². The molecule has 0 saturated carbocycles. The van der Waals surface area contributed by atoms with Gasteiger partial charge in [0.15, 0.2) is 16.3 Å². The van der Waals surface area contributed by atoms with Crippen LogP contribution < -0.4 is 19.0 Å². The van der Waals surface area contributed by atoms with E-state index in [0.29, 0.717) is 33.1 Å². The van der Waals surface area contributed by atoms with E-state index in [1.165, 1.54) is 25.6 Å². The molecule has 0 spiro atoms. The van der Waals surface area contributed by atoms with Crippen molar-refractivity contribution in [3.05, 3.63) is 58.9 Å². The molecule has 4 rings (SSSR count). The lowest BCUT2D eigenvalue weighted by Crippen LogP contribution is -2.23. The van der Waals surface area contributed by atoms with Crippen LogP contribution in [0, 0.1) is 0 Å². The summed E-state index contributed by atoms with van der Waals surface area (Å²) in [6, 6.07) is 14.8. The number of carbonyl (C=O) groups excluding carboxylic acids is 2. The molecule has 0 atom stereocenters. The minimum absolute atomic E-state index is 0.107. The number of carbonyl (C=O) groups is 2. The Hall–Kier alpha value is -3.85. The third-order valence-corrected chi connectivity index (χ3v) is 6.32. The second-order valence-corrected chi connectivity index (χ2v) is 8.28. The summed E-state index contributed by atoms with van der Waals surface area (Å²) in [6.45, 7) is 1.88. The molecule has 1 aromatic heterocycles. The van der Waals surface area contributed by atoms with Gasteiger partial charge in [0.1, 0.15) is 12.3 Å². The number of nitrogens with zero attached hydrogens (tertiary/aromatic N) is 2. The van der Waals surface area contributed by atoms with E-state index < -0.39 is 11.9 Å². The van der Waals surface area contributed by atoms with Crippen molar-refractivity contribution < 1.29 is 28.5 Å². The Morgan fingerprint density at radius 2 is 1.56 bits per heavy atom. The summed E-state index contributed by atoms with van der Waals surface area (Å²) >= 11 is 1.26. The first-order valence-corrected chi connectivity index (χ1v) is 11.4. The van der Waals surface area contributed by atoms with Gasteiger partial charge in [-0.3, -0.25) is 9.59 Å². The average Bonchev–Trinajstić information content (AvgIpc) is 3.17. The highest BCUT2D eigenvalue weighted by atomic mass is 32.1. The maximum atomic E-state index is 13.3. The van der Waals surface area contributed by atoms with E-state index >= 15 is 0 Å². The first-order valence-electron chi connectivity index (χ1n) is 10.6. The number of hydrogen-bond donors (Lipinski definition) is 0. The van der Waals surface area contributed by atoms with Gasteiger partial charge in [-0.2, -0.15) is 4.99 Å². The Morgan fingerprint density at radius 3 is 2.21 bits per heavy atom. The molecule has 8 nitrogen and oxygen atoms in total. The van der Waals surface area contributed by atoms with Gasteiger partial charge in [-0.25, -0.2) is 0 Å². The van der Waals surface area contributed by atoms with Gasteiger partial charge in [-0.05, 0) is 29.8 Å². The summed E-state index contributed by atoms with van der Waals surface area (Å²) in [5, 5.41) is 1.85. The van der Waals surface area contributed by atoms with Crippen LogP contribution in [0.3, 0.4) is 0 Å². The van der Waals surface area contributed by atoms with Gasteiger partial charge in [0.25, 0.3) is 5.91 Å². The van der Waals surface area contributed by atoms with Gasteiger partial charge in [0.2, 0.25) is 0 Å². The van der Waals surface area contributed by atoms with Gasteiger partial charge in [-0.15, -0.1) is 0 Å². The number of rotatable bonds is 7. The Labute approximate surface area is 200 Å².